The Labute approximate surface area is 115 Å². The number of nitrogens with two attached hydrogens (primary N) is 1. The SMILES string of the molecule is CCN(C(=O)C1COCCO1)C1CCCCC1CN. The molecule has 1 saturated carbocycles. The minimum absolute atomic E-state index is 0.0764. The second-order valence-corrected chi connectivity index (χ2v) is 5.41. The maximum absolute atomic E-state index is 12.6. The zero-order valence-electron chi connectivity index (χ0n) is 11.8. The Morgan fingerprint density at radius 3 is 2.74 bits per heavy atom. The van der Waals surface area contributed by atoms with Crippen molar-refractivity contribution in [1.82, 2.24) is 4.90 Å². The number of hydrogen-bond donors (Lipinski definition) is 1. The molecule has 19 heavy (non-hydrogen) atoms. The predicted octanol–water partition coefficient (Wildman–Crippen LogP) is 0.768. The van der Waals surface area contributed by atoms with Gasteiger partial charge >= 0.3 is 0 Å². The summed E-state index contributed by atoms with van der Waals surface area (Å²) in [6.07, 6.45) is 4.19. The number of likely N-dealkylation sites (N-methyl/N-ethyl adjacent to an activating group) is 1. The predicted molar refractivity (Wildman–Crippen MR) is 72.7 cm³/mol. The van der Waals surface area contributed by atoms with E-state index in [1.165, 1.54) is 12.8 Å². The first-order valence-electron chi connectivity index (χ1n) is 7.47. The summed E-state index contributed by atoms with van der Waals surface area (Å²) in [5, 5.41) is 0. The summed E-state index contributed by atoms with van der Waals surface area (Å²) in [5.74, 6) is 0.509. The van der Waals surface area contributed by atoms with Gasteiger partial charge in [-0.3, -0.25) is 4.79 Å². The summed E-state index contributed by atoms with van der Waals surface area (Å²) >= 11 is 0. The summed E-state index contributed by atoms with van der Waals surface area (Å²) in [6, 6.07) is 0.279. The Bertz CT molecular complexity index is 292. The number of carbonyl (C=O) groups excluding carboxylic acids is 1. The smallest absolute Gasteiger partial charge is 0.254 e. The molecule has 2 fully saturated rings. The van der Waals surface area contributed by atoms with Crippen LogP contribution in [0.3, 0.4) is 0 Å². The van der Waals surface area contributed by atoms with Crippen LogP contribution in [-0.4, -0.2) is 55.9 Å². The first-order chi connectivity index (χ1) is 9.27. The van der Waals surface area contributed by atoms with Crippen LogP contribution in [0.2, 0.25) is 0 Å². The van der Waals surface area contributed by atoms with Crippen LogP contribution in [-0.2, 0) is 14.3 Å². The first-order valence-corrected chi connectivity index (χ1v) is 7.47. The summed E-state index contributed by atoms with van der Waals surface area (Å²) < 4.78 is 10.9. The molecular weight excluding hydrogens is 244 g/mol. The molecular formula is C14H26N2O3. The molecule has 0 aromatic rings. The Balaban J connectivity index is 2.02. The molecule has 5 heteroatoms. The van der Waals surface area contributed by atoms with Crippen molar-refractivity contribution in [3.05, 3.63) is 0 Å². The van der Waals surface area contributed by atoms with Gasteiger partial charge in [0.1, 0.15) is 0 Å². The molecule has 0 aromatic heterocycles. The van der Waals surface area contributed by atoms with E-state index in [0.717, 1.165) is 19.4 Å². The molecule has 0 radical (unpaired) electrons. The fourth-order valence-electron chi connectivity index (χ4n) is 3.24. The highest BCUT2D eigenvalue weighted by molar-refractivity contribution is 5.81. The van der Waals surface area contributed by atoms with Gasteiger partial charge in [-0.15, -0.1) is 0 Å². The molecule has 5 nitrogen and oxygen atoms in total. The van der Waals surface area contributed by atoms with Crippen LogP contribution >= 0.6 is 0 Å². The van der Waals surface area contributed by atoms with Crippen molar-refractivity contribution >= 4 is 5.91 Å². The van der Waals surface area contributed by atoms with E-state index >= 15 is 0 Å². The van der Waals surface area contributed by atoms with E-state index in [4.69, 9.17) is 15.2 Å². The summed E-state index contributed by atoms with van der Waals surface area (Å²) in [6.45, 7) is 4.90. The maximum atomic E-state index is 12.6. The van der Waals surface area contributed by atoms with E-state index < -0.39 is 6.10 Å². The molecule has 0 bridgehead atoms. The molecule has 2 rings (SSSR count). The fraction of sp³-hybridized carbons (Fsp3) is 0.929. The van der Waals surface area contributed by atoms with E-state index in [1.54, 1.807) is 0 Å². The van der Waals surface area contributed by atoms with E-state index in [1.807, 2.05) is 11.8 Å². The van der Waals surface area contributed by atoms with Crippen molar-refractivity contribution in [3.8, 4) is 0 Å². The highest BCUT2D eigenvalue weighted by Crippen LogP contribution is 2.28. The standard InChI is InChI=1S/C14H26N2O3/c1-2-16(12-6-4-3-5-11(12)9-15)14(17)13-10-18-7-8-19-13/h11-13H,2-10,15H2,1H3. The van der Waals surface area contributed by atoms with Gasteiger partial charge in [0.25, 0.3) is 5.91 Å². The second kappa shape index (κ2) is 7.22. The van der Waals surface area contributed by atoms with Crippen LogP contribution in [0.15, 0.2) is 0 Å². The molecule has 110 valence electrons. The monoisotopic (exact) mass is 270 g/mol. The third-order valence-electron chi connectivity index (χ3n) is 4.29. The number of amides is 1. The molecule has 1 amide bonds. The van der Waals surface area contributed by atoms with Gasteiger partial charge in [-0.25, -0.2) is 0 Å². The molecule has 1 aliphatic carbocycles. The Morgan fingerprint density at radius 1 is 1.32 bits per heavy atom. The second-order valence-electron chi connectivity index (χ2n) is 5.41. The summed E-state index contributed by atoms with van der Waals surface area (Å²) in [4.78, 5) is 14.5. The number of carbonyl (C=O) groups is 1. The number of rotatable bonds is 4. The van der Waals surface area contributed by atoms with E-state index in [9.17, 15) is 4.79 Å². The molecule has 3 unspecified atom stereocenters. The molecule has 2 N–H and O–H groups in total. The maximum Gasteiger partial charge on any atom is 0.254 e. The Kier molecular flexibility index (Phi) is 5.60. The average Bonchev–Trinajstić information content (AvgIpc) is 2.49. The van der Waals surface area contributed by atoms with Crippen molar-refractivity contribution in [2.75, 3.05) is 32.9 Å². The first kappa shape index (κ1) is 14.8. The normalized spacial score (nSPS) is 32.0. The number of nitrogens with zero attached hydrogens (tertiary/aromatic N) is 1. The third kappa shape index (κ3) is 3.46. The lowest BCUT2D eigenvalue weighted by Crippen LogP contribution is -2.53. The van der Waals surface area contributed by atoms with Crippen molar-refractivity contribution < 1.29 is 14.3 Å². The van der Waals surface area contributed by atoms with Crippen LogP contribution in [0.5, 0.6) is 0 Å². The summed E-state index contributed by atoms with van der Waals surface area (Å²) in [7, 11) is 0. The Morgan fingerprint density at radius 2 is 2.11 bits per heavy atom. The van der Waals surface area contributed by atoms with E-state index in [2.05, 4.69) is 0 Å². The molecule has 0 spiro atoms. The number of hydrogen-bond acceptors (Lipinski definition) is 4. The minimum Gasteiger partial charge on any atom is -0.376 e. The molecule has 3 atom stereocenters. The van der Waals surface area contributed by atoms with Crippen LogP contribution in [0, 0.1) is 5.92 Å². The molecule has 1 heterocycles. The van der Waals surface area contributed by atoms with Crippen molar-refractivity contribution in [3.63, 3.8) is 0 Å². The van der Waals surface area contributed by atoms with E-state index in [0.29, 0.717) is 32.3 Å². The van der Waals surface area contributed by atoms with Gasteiger partial charge in [-0.05, 0) is 32.2 Å². The van der Waals surface area contributed by atoms with Crippen molar-refractivity contribution in [2.24, 2.45) is 11.7 Å². The van der Waals surface area contributed by atoms with Crippen LogP contribution in [0.25, 0.3) is 0 Å². The van der Waals surface area contributed by atoms with Gasteiger partial charge in [-0.2, -0.15) is 0 Å². The van der Waals surface area contributed by atoms with Crippen molar-refractivity contribution in [1.29, 1.82) is 0 Å². The highest BCUT2D eigenvalue weighted by atomic mass is 16.6. The van der Waals surface area contributed by atoms with Gasteiger partial charge in [0.2, 0.25) is 0 Å². The molecule has 1 saturated heterocycles. The lowest BCUT2D eigenvalue weighted by atomic mass is 9.83. The van der Waals surface area contributed by atoms with Crippen LogP contribution < -0.4 is 5.73 Å². The van der Waals surface area contributed by atoms with Gasteiger partial charge in [0, 0.05) is 12.6 Å². The van der Waals surface area contributed by atoms with Crippen molar-refractivity contribution in [2.45, 2.75) is 44.8 Å². The third-order valence-corrected chi connectivity index (χ3v) is 4.29. The van der Waals surface area contributed by atoms with E-state index in [-0.39, 0.29) is 11.9 Å². The van der Waals surface area contributed by atoms with Gasteiger partial charge in [-0.1, -0.05) is 12.8 Å². The molecule has 1 aliphatic heterocycles. The molecule has 0 aromatic carbocycles. The molecule has 2 aliphatic rings. The fourth-order valence-corrected chi connectivity index (χ4v) is 3.24. The summed E-state index contributed by atoms with van der Waals surface area (Å²) in [5.41, 5.74) is 5.87. The van der Waals surface area contributed by atoms with Crippen LogP contribution in [0.1, 0.15) is 32.6 Å². The largest absolute Gasteiger partial charge is 0.376 e. The topological polar surface area (TPSA) is 64.8 Å². The van der Waals surface area contributed by atoms with Gasteiger partial charge < -0.3 is 20.1 Å². The minimum atomic E-state index is -0.422. The van der Waals surface area contributed by atoms with Gasteiger partial charge in [0.15, 0.2) is 6.10 Å². The van der Waals surface area contributed by atoms with Crippen LogP contribution in [0.4, 0.5) is 0 Å². The Hall–Kier alpha value is -0.650. The lowest BCUT2D eigenvalue weighted by Gasteiger charge is -2.41. The van der Waals surface area contributed by atoms with Gasteiger partial charge in [0.05, 0.1) is 19.8 Å². The average molecular weight is 270 g/mol. The quantitative estimate of drug-likeness (QED) is 0.819. The zero-order chi connectivity index (χ0) is 13.7. The zero-order valence-corrected chi connectivity index (χ0v) is 11.8. The lowest BCUT2D eigenvalue weighted by molar-refractivity contribution is -0.161. The highest BCUT2D eigenvalue weighted by Gasteiger charge is 2.35. The number of ether oxygens (including phenoxy) is 2.